The van der Waals surface area contributed by atoms with Gasteiger partial charge in [0.25, 0.3) is 0 Å². The number of aliphatic hydroxyl groups is 2. The van der Waals surface area contributed by atoms with Crippen molar-refractivity contribution < 1.29 is 10.2 Å². The Bertz CT molecular complexity index is 252. The molecule has 0 atom stereocenters. The summed E-state index contributed by atoms with van der Waals surface area (Å²) in [6.45, 7) is 3.38. The van der Waals surface area contributed by atoms with Crippen LogP contribution < -0.4 is 0 Å². The molecule has 0 unspecified atom stereocenters. The van der Waals surface area contributed by atoms with E-state index in [0.29, 0.717) is 25.9 Å². The summed E-state index contributed by atoms with van der Waals surface area (Å²) in [4.78, 5) is 5.91. The summed E-state index contributed by atoms with van der Waals surface area (Å²) in [6.07, 6.45) is 3.98. The Balaban J connectivity index is 2.48. The zero-order chi connectivity index (χ0) is 12.0. The van der Waals surface area contributed by atoms with Crippen LogP contribution in [0.3, 0.4) is 0 Å². The van der Waals surface area contributed by atoms with Crippen LogP contribution in [-0.2, 0) is 0 Å². The smallest absolute Gasteiger partial charge is 0.217 e. The van der Waals surface area contributed by atoms with Crippen LogP contribution in [0.1, 0.15) is 26.2 Å². The van der Waals surface area contributed by atoms with Gasteiger partial charge < -0.3 is 15.1 Å². The minimum atomic E-state index is -0.356. The number of nitrogens with zero attached hydrogens (tertiary/aromatic N) is 2. The van der Waals surface area contributed by atoms with Gasteiger partial charge >= 0.3 is 0 Å². The lowest BCUT2D eigenvalue weighted by atomic mass is 9.80. The Kier molecular flexibility index (Phi) is 4.89. The molecule has 1 saturated heterocycles. The van der Waals surface area contributed by atoms with Gasteiger partial charge in [0.1, 0.15) is 0 Å². The lowest BCUT2D eigenvalue weighted by Crippen LogP contribution is -2.45. The molecule has 0 aromatic carbocycles. The van der Waals surface area contributed by atoms with E-state index in [2.05, 4.69) is 4.99 Å². The first-order valence-electron chi connectivity index (χ1n) is 5.75. The molecule has 5 heteroatoms. The lowest BCUT2D eigenvalue weighted by Gasteiger charge is -2.39. The normalized spacial score (nSPS) is 20.3. The fraction of sp³-hybridized carbons (Fsp3) is 0.818. The molecule has 1 aliphatic heterocycles. The SMILES string of the molecule is CC/C=N\C(=N)N1CCC(CO)(CO)CC1. The molecule has 16 heavy (non-hydrogen) atoms. The van der Waals surface area contributed by atoms with Gasteiger partial charge in [-0.15, -0.1) is 0 Å². The molecule has 0 bridgehead atoms. The first-order valence-corrected chi connectivity index (χ1v) is 5.75. The Labute approximate surface area is 96.3 Å². The van der Waals surface area contributed by atoms with E-state index in [4.69, 9.17) is 5.41 Å². The quantitative estimate of drug-likeness (QED) is 0.484. The molecule has 1 fully saturated rings. The average molecular weight is 227 g/mol. The number of nitrogens with one attached hydrogen (secondary N) is 1. The number of likely N-dealkylation sites (tertiary alicyclic amines) is 1. The molecule has 0 saturated carbocycles. The second-order valence-electron chi connectivity index (χ2n) is 4.35. The molecule has 0 aromatic rings. The third-order valence-corrected chi connectivity index (χ3v) is 3.19. The molecule has 0 aromatic heterocycles. The van der Waals surface area contributed by atoms with Crippen molar-refractivity contribution in [3.63, 3.8) is 0 Å². The molecule has 0 aliphatic carbocycles. The molecule has 0 amide bonds. The highest BCUT2D eigenvalue weighted by atomic mass is 16.3. The van der Waals surface area contributed by atoms with Crippen LogP contribution in [0, 0.1) is 10.8 Å². The molecule has 1 aliphatic rings. The maximum Gasteiger partial charge on any atom is 0.217 e. The van der Waals surface area contributed by atoms with E-state index in [0.717, 1.165) is 6.42 Å². The van der Waals surface area contributed by atoms with Crippen LogP contribution >= 0.6 is 0 Å². The lowest BCUT2D eigenvalue weighted by molar-refractivity contribution is 0.0120. The van der Waals surface area contributed by atoms with Gasteiger partial charge in [0, 0.05) is 24.7 Å². The molecular weight excluding hydrogens is 206 g/mol. The molecule has 0 radical (unpaired) electrons. The number of hydrogen-bond acceptors (Lipinski definition) is 3. The third kappa shape index (κ3) is 3.02. The van der Waals surface area contributed by atoms with Crippen LogP contribution in [-0.4, -0.2) is 53.6 Å². The summed E-state index contributed by atoms with van der Waals surface area (Å²) in [5.74, 6) is 0.284. The number of piperidine rings is 1. The molecule has 0 spiro atoms. The van der Waals surface area contributed by atoms with Crippen LogP contribution in [0.25, 0.3) is 0 Å². The zero-order valence-corrected chi connectivity index (χ0v) is 9.82. The summed E-state index contributed by atoms with van der Waals surface area (Å²) >= 11 is 0. The molecular formula is C11H21N3O2. The summed E-state index contributed by atoms with van der Waals surface area (Å²) in [6, 6.07) is 0. The number of rotatable bonds is 3. The van der Waals surface area contributed by atoms with Crippen LogP contribution in [0.5, 0.6) is 0 Å². The number of aliphatic hydroxyl groups excluding tert-OH is 2. The third-order valence-electron chi connectivity index (χ3n) is 3.19. The maximum absolute atomic E-state index is 9.25. The van der Waals surface area contributed by atoms with Gasteiger partial charge in [0.05, 0.1) is 13.2 Å². The average Bonchev–Trinajstić information content (AvgIpc) is 2.36. The highest BCUT2D eigenvalue weighted by Gasteiger charge is 2.34. The monoisotopic (exact) mass is 227 g/mol. The van der Waals surface area contributed by atoms with Gasteiger partial charge in [0.15, 0.2) is 0 Å². The van der Waals surface area contributed by atoms with E-state index < -0.39 is 0 Å². The van der Waals surface area contributed by atoms with Gasteiger partial charge in [-0.1, -0.05) is 6.92 Å². The first kappa shape index (κ1) is 13.1. The highest BCUT2D eigenvalue weighted by molar-refractivity contribution is 5.85. The summed E-state index contributed by atoms with van der Waals surface area (Å²) in [5, 5.41) is 26.2. The standard InChI is InChI=1S/C11H21N3O2/c1-2-5-13-10(12)14-6-3-11(8-15,9-16)4-7-14/h5,12,15-16H,2-4,6-9H2,1H3/b12-10?,13-5-. The molecule has 1 heterocycles. The number of guanidine groups is 1. The van der Waals surface area contributed by atoms with E-state index >= 15 is 0 Å². The van der Waals surface area contributed by atoms with Gasteiger partial charge in [-0.3, -0.25) is 5.41 Å². The van der Waals surface area contributed by atoms with E-state index in [1.807, 2.05) is 11.8 Å². The van der Waals surface area contributed by atoms with Crippen LogP contribution in [0.2, 0.25) is 0 Å². The van der Waals surface area contributed by atoms with Crippen molar-refractivity contribution in [2.24, 2.45) is 10.4 Å². The highest BCUT2D eigenvalue weighted by Crippen LogP contribution is 2.30. The van der Waals surface area contributed by atoms with Crippen molar-refractivity contribution in [1.29, 1.82) is 5.41 Å². The second kappa shape index (κ2) is 5.96. The summed E-state index contributed by atoms with van der Waals surface area (Å²) in [7, 11) is 0. The zero-order valence-electron chi connectivity index (χ0n) is 9.82. The fourth-order valence-corrected chi connectivity index (χ4v) is 1.82. The molecule has 3 N–H and O–H groups in total. The Hall–Kier alpha value is -0.940. The van der Waals surface area contributed by atoms with Crippen molar-refractivity contribution in [2.75, 3.05) is 26.3 Å². The van der Waals surface area contributed by atoms with Crippen LogP contribution in [0.15, 0.2) is 4.99 Å². The van der Waals surface area contributed by atoms with Crippen molar-refractivity contribution in [3.05, 3.63) is 0 Å². The topological polar surface area (TPSA) is 79.9 Å². The minimum Gasteiger partial charge on any atom is -0.396 e. The molecule has 1 rings (SSSR count). The largest absolute Gasteiger partial charge is 0.396 e. The minimum absolute atomic E-state index is 0.0168. The predicted molar refractivity (Wildman–Crippen MR) is 63.9 cm³/mol. The van der Waals surface area contributed by atoms with E-state index in [1.165, 1.54) is 0 Å². The summed E-state index contributed by atoms with van der Waals surface area (Å²) < 4.78 is 0. The van der Waals surface area contributed by atoms with Gasteiger partial charge in [-0.05, 0) is 19.3 Å². The Morgan fingerprint density at radius 1 is 1.38 bits per heavy atom. The van der Waals surface area contributed by atoms with E-state index in [-0.39, 0.29) is 24.6 Å². The summed E-state index contributed by atoms with van der Waals surface area (Å²) in [5.41, 5.74) is -0.356. The van der Waals surface area contributed by atoms with Crippen molar-refractivity contribution in [2.45, 2.75) is 26.2 Å². The Morgan fingerprint density at radius 2 is 1.94 bits per heavy atom. The predicted octanol–water partition coefficient (Wildman–Crippen LogP) is 0.469. The van der Waals surface area contributed by atoms with E-state index in [9.17, 15) is 10.2 Å². The molecule has 92 valence electrons. The van der Waals surface area contributed by atoms with Crippen LogP contribution in [0.4, 0.5) is 0 Å². The van der Waals surface area contributed by atoms with E-state index in [1.54, 1.807) is 6.21 Å². The van der Waals surface area contributed by atoms with Crippen molar-refractivity contribution in [1.82, 2.24) is 4.90 Å². The second-order valence-corrected chi connectivity index (χ2v) is 4.35. The van der Waals surface area contributed by atoms with Gasteiger partial charge in [-0.2, -0.15) is 0 Å². The van der Waals surface area contributed by atoms with Gasteiger partial charge in [-0.25, -0.2) is 4.99 Å². The number of hydrogen-bond donors (Lipinski definition) is 3. The first-order chi connectivity index (χ1) is 7.67. The molecule has 5 nitrogen and oxygen atoms in total. The maximum atomic E-state index is 9.25. The Morgan fingerprint density at radius 3 is 2.38 bits per heavy atom. The number of aliphatic imine (C=N–C) groups is 1. The van der Waals surface area contributed by atoms with Crippen molar-refractivity contribution in [3.8, 4) is 0 Å². The fourth-order valence-electron chi connectivity index (χ4n) is 1.82. The van der Waals surface area contributed by atoms with Gasteiger partial charge in [0.2, 0.25) is 5.96 Å². The van der Waals surface area contributed by atoms with Crippen molar-refractivity contribution >= 4 is 12.2 Å².